The topological polar surface area (TPSA) is 81.9 Å². The monoisotopic (exact) mass is 309 g/mol. The van der Waals surface area contributed by atoms with E-state index < -0.39 is 0 Å². The molecule has 1 N–H and O–H groups in total. The van der Waals surface area contributed by atoms with Gasteiger partial charge >= 0.3 is 0 Å². The highest BCUT2D eigenvalue weighted by molar-refractivity contribution is 5.94. The van der Waals surface area contributed by atoms with Crippen LogP contribution < -0.4 is 10.1 Å². The van der Waals surface area contributed by atoms with Crippen LogP contribution in [0.3, 0.4) is 0 Å². The highest BCUT2D eigenvalue weighted by Crippen LogP contribution is 2.11. The molecule has 0 bridgehead atoms. The summed E-state index contributed by atoms with van der Waals surface area (Å²) >= 11 is 0. The first-order valence-electron chi connectivity index (χ1n) is 7.00. The first-order chi connectivity index (χ1) is 11.3. The quantitative estimate of drug-likeness (QED) is 0.774. The number of rotatable bonds is 5. The minimum absolute atomic E-state index is 0.175. The van der Waals surface area contributed by atoms with E-state index in [9.17, 15) is 4.79 Å². The number of hydrogen-bond acceptors (Lipinski definition) is 5. The summed E-state index contributed by atoms with van der Waals surface area (Å²) in [6.45, 7) is 0.302. The van der Waals surface area contributed by atoms with Gasteiger partial charge in [0.1, 0.15) is 11.4 Å². The van der Waals surface area contributed by atoms with E-state index in [0.717, 1.165) is 5.69 Å². The Morgan fingerprint density at radius 3 is 2.61 bits per heavy atom. The molecule has 0 atom stereocenters. The SMILES string of the molecule is COc1ccc(C(=O)NCc2cn(-c3ccncc3)nn2)cc1. The smallest absolute Gasteiger partial charge is 0.251 e. The zero-order chi connectivity index (χ0) is 16.1. The Bertz CT molecular complexity index is 784. The van der Waals surface area contributed by atoms with Crippen molar-refractivity contribution in [2.75, 3.05) is 7.11 Å². The van der Waals surface area contributed by atoms with Crippen molar-refractivity contribution in [2.24, 2.45) is 0 Å². The highest BCUT2D eigenvalue weighted by Gasteiger charge is 2.08. The van der Waals surface area contributed by atoms with Crippen molar-refractivity contribution in [2.45, 2.75) is 6.54 Å². The number of nitrogens with zero attached hydrogens (tertiary/aromatic N) is 4. The lowest BCUT2D eigenvalue weighted by Crippen LogP contribution is -2.22. The molecule has 1 aromatic carbocycles. The minimum Gasteiger partial charge on any atom is -0.497 e. The first-order valence-corrected chi connectivity index (χ1v) is 7.00. The number of nitrogens with one attached hydrogen (secondary N) is 1. The van der Waals surface area contributed by atoms with Gasteiger partial charge in [-0.25, -0.2) is 4.68 Å². The van der Waals surface area contributed by atoms with Crippen LogP contribution in [0.2, 0.25) is 0 Å². The van der Waals surface area contributed by atoms with E-state index in [1.54, 1.807) is 54.6 Å². The lowest BCUT2D eigenvalue weighted by Gasteiger charge is -2.04. The van der Waals surface area contributed by atoms with Gasteiger partial charge in [-0.05, 0) is 36.4 Å². The van der Waals surface area contributed by atoms with Crippen LogP contribution in [0.4, 0.5) is 0 Å². The second kappa shape index (κ2) is 6.69. The van der Waals surface area contributed by atoms with E-state index in [1.807, 2.05) is 12.1 Å². The number of amides is 1. The Morgan fingerprint density at radius 2 is 1.91 bits per heavy atom. The summed E-state index contributed by atoms with van der Waals surface area (Å²) in [5.41, 5.74) is 2.09. The molecule has 0 saturated heterocycles. The molecule has 3 rings (SSSR count). The predicted octanol–water partition coefficient (Wildman–Crippen LogP) is 1.60. The van der Waals surface area contributed by atoms with E-state index in [0.29, 0.717) is 23.6 Å². The lowest BCUT2D eigenvalue weighted by atomic mass is 10.2. The number of benzene rings is 1. The van der Waals surface area contributed by atoms with Crippen molar-refractivity contribution in [1.82, 2.24) is 25.3 Å². The summed E-state index contributed by atoms with van der Waals surface area (Å²) < 4.78 is 6.70. The van der Waals surface area contributed by atoms with Gasteiger partial charge in [-0.3, -0.25) is 9.78 Å². The van der Waals surface area contributed by atoms with Gasteiger partial charge in [0.05, 0.1) is 25.5 Å². The fraction of sp³-hybridized carbons (Fsp3) is 0.125. The Balaban J connectivity index is 1.62. The second-order valence-corrected chi connectivity index (χ2v) is 4.77. The zero-order valence-corrected chi connectivity index (χ0v) is 12.5. The molecule has 0 aliphatic carbocycles. The number of carbonyl (C=O) groups is 1. The maximum absolute atomic E-state index is 12.1. The van der Waals surface area contributed by atoms with Crippen molar-refractivity contribution in [3.8, 4) is 11.4 Å². The van der Waals surface area contributed by atoms with Gasteiger partial charge in [-0.1, -0.05) is 5.21 Å². The standard InChI is InChI=1S/C16H15N5O2/c1-23-15-4-2-12(3-5-15)16(22)18-10-13-11-21(20-19-13)14-6-8-17-9-7-14/h2-9,11H,10H2,1H3,(H,18,22). The number of pyridine rings is 1. The van der Waals surface area contributed by atoms with E-state index in [-0.39, 0.29) is 5.91 Å². The molecule has 3 aromatic rings. The van der Waals surface area contributed by atoms with Gasteiger partial charge in [-0.15, -0.1) is 5.10 Å². The molecule has 0 aliphatic heterocycles. The molecule has 0 spiro atoms. The molecular formula is C16H15N5O2. The van der Waals surface area contributed by atoms with Crippen LogP contribution >= 0.6 is 0 Å². The van der Waals surface area contributed by atoms with Gasteiger partial charge in [0.2, 0.25) is 0 Å². The molecule has 2 heterocycles. The third-order valence-electron chi connectivity index (χ3n) is 3.25. The minimum atomic E-state index is -0.175. The summed E-state index contributed by atoms with van der Waals surface area (Å²) in [5, 5.41) is 10.9. The summed E-state index contributed by atoms with van der Waals surface area (Å²) in [7, 11) is 1.58. The van der Waals surface area contributed by atoms with Crippen LogP contribution in [0.25, 0.3) is 5.69 Å². The third-order valence-corrected chi connectivity index (χ3v) is 3.25. The van der Waals surface area contributed by atoms with Crippen LogP contribution in [-0.4, -0.2) is 33.0 Å². The average Bonchev–Trinajstić information content (AvgIpc) is 3.09. The van der Waals surface area contributed by atoms with Crippen LogP contribution in [0, 0.1) is 0 Å². The van der Waals surface area contributed by atoms with Crippen LogP contribution in [0.5, 0.6) is 5.75 Å². The van der Waals surface area contributed by atoms with Gasteiger partial charge < -0.3 is 10.1 Å². The number of methoxy groups -OCH3 is 1. The summed E-state index contributed by atoms with van der Waals surface area (Å²) in [4.78, 5) is 16.0. The molecule has 0 unspecified atom stereocenters. The fourth-order valence-electron chi connectivity index (χ4n) is 2.02. The van der Waals surface area contributed by atoms with Gasteiger partial charge in [0.25, 0.3) is 5.91 Å². The summed E-state index contributed by atoms with van der Waals surface area (Å²) in [6.07, 6.45) is 5.13. The normalized spacial score (nSPS) is 10.3. The maximum Gasteiger partial charge on any atom is 0.251 e. The van der Waals surface area contributed by atoms with Crippen molar-refractivity contribution in [1.29, 1.82) is 0 Å². The molecule has 116 valence electrons. The average molecular weight is 309 g/mol. The Labute approximate surface area is 132 Å². The summed E-state index contributed by atoms with van der Waals surface area (Å²) in [5.74, 6) is 0.535. The molecule has 7 heteroatoms. The molecule has 0 aliphatic rings. The summed E-state index contributed by atoms with van der Waals surface area (Å²) in [6, 6.07) is 10.6. The third kappa shape index (κ3) is 3.52. The molecule has 0 radical (unpaired) electrons. The molecule has 1 amide bonds. The predicted molar refractivity (Wildman–Crippen MR) is 83.3 cm³/mol. The lowest BCUT2D eigenvalue weighted by molar-refractivity contribution is 0.0950. The number of aromatic nitrogens is 4. The van der Waals surface area contributed by atoms with Crippen LogP contribution in [-0.2, 0) is 6.54 Å². The van der Waals surface area contributed by atoms with E-state index in [4.69, 9.17) is 4.74 Å². The fourth-order valence-corrected chi connectivity index (χ4v) is 2.02. The van der Waals surface area contributed by atoms with Gasteiger partial charge in [0.15, 0.2) is 0 Å². The maximum atomic E-state index is 12.1. The Hall–Kier alpha value is -3.22. The number of carbonyl (C=O) groups excluding carboxylic acids is 1. The number of ether oxygens (including phenoxy) is 1. The molecule has 2 aromatic heterocycles. The van der Waals surface area contributed by atoms with Crippen molar-refractivity contribution >= 4 is 5.91 Å². The molecule has 0 saturated carbocycles. The van der Waals surface area contributed by atoms with Crippen LogP contribution in [0.1, 0.15) is 16.1 Å². The largest absolute Gasteiger partial charge is 0.497 e. The zero-order valence-electron chi connectivity index (χ0n) is 12.5. The molecular weight excluding hydrogens is 294 g/mol. The van der Waals surface area contributed by atoms with E-state index in [2.05, 4.69) is 20.6 Å². The molecule has 0 fully saturated rings. The van der Waals surface area contributed by atoms with E-state index >= 15 is 0 Å². The van der Waals surface area contributed by atoms with Gasteiger partial charge in [0, 0.05) is 18.0 Å². The Kier molecular flexibility index (Phi) is 4.28. The highest BCUT2D eigenvalue weighted by atomic mass is 16.5. The molecule has 7 nitrogen and oxygen atoms in total. The molecule has 23 heavy (non-hydrogen) atoms. The van der Waals surface area contributed by atoms with Gasteiger partial charge in [-0.2, -0.15) is 0 Å². The Morgan fingerprint density at radius 1 is 1.17 bits per heavy atom. The van der Waals surface area contributed by atoms with Crippen molar-refractivity contribution < 1.29 is 9.53 Å². The van der Waals surface area contributed by atoms with Crippen molar-refractivity contribution in [3.63, 3.8) is 0 Å². The van der Waals surface area contributed by atoms with E-state index in [1.165, 1.54) is 0 Å². The first kappa shape index (κ1) is 14.7. The van der Waals surface area contributed by atoms with Crippen LogP contribution in [0.15, 0.2) is 55.0 Å². The number of hydrogen-bond donors (Lipinski definition) is 1. The second-order valence-electron chi connectivity index (χ2n) is 4.77. The van der Waals surface area contributed by atoms with Crippen molar-refractivity contribution in [3.05, 3.63) is 66.2 Å².